The van der Waals surface area contributed by atoms with Crippen LogP contribution in [0.3, 0.4) is 0 Å². The van der Waals surface area contributed by atoms with E-state index in [0.29, 0.717) is 0 Å². The van der Waals surface area contributed by atoms with Gasteiger partial charge in [0.15, 0.2) is 0 Å². The second-order valence-corrected chi connectivity index (χ2v) is 18.9. The Hall–Kier alpha value is -9.50. The minimum Gasteiger partial charge on any atom is -0.310 e. The summed E-state index contributed by atoms with van der Waals surface area (Å²) in [5.41, 5.74) is 16.4. The third-order valence-electron chi connectivity index (χ3n) is 14.8. The van der Waals surface area contributed by atoms with Crippen LogP contribution in [-0.4, -0.2) is 4.57 Å². The molecule has 0 aliphatic carbocycles. The second-order valence-electron chi connectivity index (χ2n) is 18.9. The van der Waals surface area contributed by atoms with Gasteiger partial charge in [0.2, 0.25) is 0 Å². The van der Waals surface area contributed by atoms with Gasteiger partial charge in [0.25, 0.3) is 0 Å². The van der Waals surface area contributed by atoms with Crippen molar-refractivity contribution in [2.45, 2.75) is 0 Å². The van der Waals surface area contributed by atoms with E-state index in [1.165, 1.54) is 104 Å². The predicted octanol–water partition coefficient (Wildman–Crippen LogP) is 19.5. The van der Waals surface area contributed by atoms with Gasteiger partial charge in [-0.1, -0.05) is 218 Å². The maximum Gasteiger partial charge on any atom is 0.0619 e. The van der Waals surface area contributed by atoms with E-state index in [2.05, 4.69) is 289 Å². The van der Waals surface area contributed by atoms with Crippen molar-refractivity contribution in [3.63, 3.8) is 0 Å². The molecule has 0 radical (unpaired) electrons. The molecule has 0 bridgehead atoms. The van der Waals surface area contributed by atoms with E-state index in [1.54, 1.807) is 0 Å². The number of fused-ring (bicyclic) bond motifs is 9. The van der Waals surface area contributed by atoms with Gasteiger partial charge in [-0.05, 0) is 143 Å². The molecule has 0 saturated carbocycles. The number of nitrogens with zero attached hydrogens (tertiary/aromatic N) is 2. The number of para-hydroxylation sites is 1. The van der Waals surface area contributed by atoms with Crippen molar-refractivity contribution >= 4 is 82.0 Å². The minimum atomic E-state index is 1.08. The number of benzene rings is 13. The Morgan fingerprint density at radius 2 is 0.750 bits per heavy atom. The Balaban J connectivity index is 0.880. The summed E-state index contributed by atoms with van der Waals surface area (Å²) in [5.74, 6) is 0. The van der Waals surface area contributed by atoms with Gasteiger partial charge in [0.1, 0.15) is 0 Å². The Morgan fingerprint density at radius 3 is 1.50 bits per heavy atom. The fraction of sp³-hybridized carbons (Fsp3) is 0. The number of anilines is 3. The summed E-state index contributed by atoms with van der Waals surface area (Å²) in [6.07, 6.45) is 0. The van der Waals surface area contributed by atoms with Gasteiger partial charge in [-0.15, -0.1) is 0 Å². The van der Waals surface area contributed by atoms with Crippen molar-refractivity contribution in [1.29, 1.82) is 0 Å². The average Bonchev–Trinajstić information content (AvgIpc) is 3.81. The van der Waals surface area contributed by atoms with Crippen molar-refractivity contribution in [2.75, 3.05) is 4.90 Å². The molecule has 1 heterocycles. The highest BCUT2D eigenvalue weighted by Gasteiger charge is 2.20. The summed E-state index contributed by atoms with van der Waals surface area (Å²) >= 11 is 0. The quantitative estimate of drug-likeness (QED) is 0.138. The Kier molecular flexibility index (Phi) is 9.89. The molecule has 0 amide bonds. The minimum absolute atomic E-state index is 1.08. The van der Waals surface area contributed by atoms with E-state index in [4.69, 9.17) is 0 Å². The van der Waals surface area contributed by atoms with Gasteiger partial charge in [0, 0.05) is 38.9 Å². The van der Waals surface area contributed by atoms with Crippen LogP contribution >= 0.6 is 0 Å². The molecule has 14 aromatic rings. The molecule has 2 nitrogen and oxygen atoms in total. The monoisotopic (exact) mass is 914 g/mol. The normalized spacial score (nSPS) is 11.6. The maximum atomic E-state index is 2.45. The average molecular weight is 915 g/mol. The molecule has 0 aliphatic heterocycles. The van der Waals surface area contributed by atoms with E-state index in [0.717, 1.165) is 28.3 Å². The predicted molar refractivity (Wildman–Crippen MR) is 307 cm³/mol. The van der Waals surface area contributed by atoms with Gasteiger partial charge in [-0.3, -0.25) is 0 Å². The van der Waals surface area contributed by atoms with E-state index >= 15 is 0 Å². The summed E-state index contributed by atoms with van der Waals surface area (Å²) in [4.78, 5) is 2.40. The van der Waals surface area contributed by atoms with Gasteiger partial charge in [-0.25, -0.2) is 0 Å². The van der Waals surface area contributed by atoms with Crippen LogP contribution in [0.15, 0.2) is 279 Å². The van der Waals surface area contributed by atoms with Gasteiger partial charge in [-0.2, -0.15) is 0 Å². The largest absolute Gasteiger partial charge is 0.310 e. The third kappa shape index (κ3) is 7.03. The van der Waals surface area contributed by atoms with Gasteiger partial charge in [0.05, 0.1) is 11.0 Å². The van der Waals surface area contributed by atoms with Crippen molar-refractivity contribution in [3.8, 4) is 50.2 Å². The zero-order valence-electron chi connectivity index (χ0n) is 39.5. The second kappa shape index (κ2) is 17.2. The topological polar surface area (TPSA) is 8.17 Å². The molecule has 1 aromatic heterocycles. The molecular formula is C70H46N2. The lowest BCUT2D eigenvalue weighted by Gasteiger charge is -2.26. The van der Waals surface area contributed by atoms with Crippen LogP contribution in [0, 0.1) is 0 Å². The number of rotatable bonds is 8. The number of hydrogen-bond acceptors (Lipinski definition) is 1. The summed E-state index contributed by atoms with van der Waals surface area (Å²) in [6, 6.07) is 102. The van der Waals surface area contributed by atoms with E-state index in [9.17, 15) is 0 Å². The van der Waals surface area contributed by atoms with E-state index < -0.39 is 0 Å². The lowest BCUT2D eigenvalue weighted by molar-refractivity contribution is 1.19. The lowest BCUT2D eigenvalue weighted by atomic mass is 9.96. The van der Waals surface area contributed by atoms with Gasteiger partial charge >= 0.3 is 0 Å². The summed E-state index contributed by atoms with van der Waals surface area (Å²) < 4.78 is 2.45. The summed E-state index contributed by atoms with van der Waals surface area (Å²) in [7, 11) is 0. The Bertz CT molecular complexity index is 4350. The first-order valence-corrected chi connectivity index (χ1v) is 24.8. The molecular weight excluding hydrogens is 869 g/mol. The molecule has 72 heavy (non-hydrogen) atoms. The molecule has 13 aromatic carbocycles. The van der Waals surface area contributed by atoms with Crippen LogP contribution in [0.1, 0.15) is 0 Å². The fourth-order valence-corrected chi connectivity index (χ4v) is 11.3. The van der Waals surface area contributed by atoms with Crippen LogP contribution in [0.25, 0.3) is 115 Å². The van der Waals surface area contributed by atoms with E-state index in [-0.39, 0.29) is 0 Å². The third-order valence-corrected chi connectivity index (χ3v) is 14.8. The highest BCUT2D eigenvalue weighted by Crippen LogP contribution is 2.44. The van der Waals surface area contributed by atoms with E-state index in [1.807, 2.05) is 0 Å². The number of hydrogen-bond donors (Lipinski definition) is 0. The van der Waals surface area contributed by atoms with Gasteiger partial charge < -0.3 is 9.47 Å². The van der Waals surface area contributed by atoms with Crippen LogP contribution in [0.5, 0.6) is 0 Å². The lowest BCUT2D eigenvalue weighted by Crippen LogP contribution is -2.10. The molecule has 2 heteroatoms. The van der Waals surface area contributed by atoms with Crippen molar-refractivity contribution in [1.82, 2.24) is 4.57 Å². The molecule has 0 spiro atoms. The number of aromatic nitrogens is 1. The Labute approximate surface area is 418 Å². The molecule has 0 N–H and O–H groups in total. The smallest absolute Gasteiger partial charge is 0.0619 e. The van der Waals surface area contributed by atoms with Crippen molar-refractivity contribution in [2.24, 2.45) is 0 Å². The van der Waals surface area contributed by atoms with Crippen LogP contribution in [0.2, 0.25) is 0 Å². The van der Waals surface area contributed by atoms with Crippen molar-refractivity contribution in [3.05, 3.63) is 279 Å². The summed E-state index contributed by atoms with van der Waals surface area (Å²) in [5, 5.41) is 12.5. The molecule has 0 saturated heterocycles. The van der Waals surface area contributed by atoms with Crippen LogP contribution in [0.4, 0.5) is 17.1 Å². The summed E-state index contributed by atoms with van der Waals surface area (Å²) in [6.45, 7) is 0. The zero-order chi connectivity index (χ0) is 47.5. The van der Waals surface area contributed by atoms with Crippen LogP contribution in [-0.2, 0) is 0 Å². The highest BCUT2D eigenvalue weighted by molar-refractivity contribution is 6.22. The zero-order valence-corrected chi connectivity index (χ0v) is 39.5. The molecule has 0 atom stereocenters. The maximum absolute atomic E-state index is 2.45. The highest BCUT2D eigenvalue weighted by atomic mass is 15.1. The first kappa shape index (κ1) is 41.5. The molecule has 0 aliphatic rings. The SMILES string of the molecule is c1ccc(-n2c3cccc(-c4cccc(N(c5ccc(-c6ccc(-c7cccc8ccccc78)cc6)cc5)c5ccc(-c6ccc7c(ccc8ccccc87)c6)cc5)c4)c3c3ccc4ccccc4c32)cc1. The molecule has 336 valence electrons. The Morgan fingerprint density at radius 1 is 0.250 bits per heavy atom. The van der Waals surface area contributed by atoms with Crippen LogP contribution < -0.4 is 4.90 Å². The molecule has 0 unspecified atom stereocenters. The first-order valence-electron chi connectivity index (χ1n) is 24.8. The fourth-order valence-electron chi connectivity index (χ4n) is 11.3. The molecule has 0 fully saturated rings. The first-order chi connectivity index (χ1) is 35.7. The molecule has 14 rings (SSSR count). The standard InChI is InChI=1S/C70H46N2/c1-2-18-57(19-3-1)72-68-26-12-25-65(69(68)67-44-37-52-15-6-9-23-66(52)70(67)72)55-17-10-20-60(46-55)71(59-41-35-49(36-42-59)54-38-43-64-56(45-54)32-31-51-14-5-8-22-62(51)64)58-39-33-48(34-40-58)47-27-29-53(30-28-47)63-24-11-16-50-13-4-7-21-61(50)63/h1-46H. The van der Waals surface area contributed by atoms with Crippen molar-refractivity contribution < 1.29 is 0 Å².